The van der Waals surface area contributed by atoms with Crippen LogP contribution in [0.5, 0.6) is 0 Å². The summed E-state index contributed by atoms with van der Waals surface area (Å²) >= 11 is 0. The second kappa shape index (κ2) is 2.99. The zero-order valence-electron chi connectivity index (χ0n) is 8.44. The number of benzene rings is 1. The van der Waals surface area contributed by atoms with Gasteiger partial charge < -0.3 is 10.0 Å². The second-order valence-electron chi connectivity index (χ2n) is 4.32. The van der Waals surface area contributed by atoms with E-state index in [4.69, 9.17) is 5.11 Å². The van der Waals surface area contributed by atoms with Gasteiger partial charge in [0, 0.05) is 18.3 Å². The van der Waals surface area contributed by atoms with E-state index >= 15 is 0 Å². The zero-order valence-corrected chi connectivity index (χ0v) is 8.44. The minimum atomic E-state index is -0.833. The van der Waals surface area contributed by atoms with Crippen LogP contribution in [0.2, 0.25) is 0 Å². The molecule has 1 fully saturated rings. The Bertz CT molecular complexity index is 424. The van der Waals surface area contributed by atoms with Crippen molar-refractivity contribution in [3.8, 4) is 0 Å². The van der Waals surface area contributed by atoms with E-state index in [0.29, 0.717) is 11.6 Å². The molecular formula is C12H13NO2. The molecule has 0 unspecified atom stereocenters. The SMILES string of the molecule is O=C(O)c1ccc2c(c1)N(C1CC1)CC2. The van der Waals surface area contributed by atoms with E-state index in [1.54, 1.807) is 6.07 Å². The number of nitrogens with zero attached hydrogens (tertiary/aromatic N) is 1. The normalized spacial score (nSPS) is 19.1. The number of hydrogen-bond donors (Lipinski definition) is 1. The number of fused-ring (bicyclic) bond motifs is 1. The van der Waals surface area contributed by atoms with Gasteiger partial charge in [-0.05, 0) is 37.0 Å². The van der Waals surface area contributed by atoms with Crippen LogP contribution in [0.1, 0.15) is 28.8 Å². The van der Waals surface area contributed by atoms with Gasteiger partial charge in [-0.2, -0.15) is 0 Å². The molecule has 78 valence electrons. The van der Waals surface area contributed by atoms with Gasteiger partial charge in [-0.1, -0.05) is 6.07 Å². The molecule has 0 atom stereocenters. The molecule has 0 spiro atoms. The van der Waals surface area contributed by atoms with Crippen molar-refractivity contribution in [3.05, 3.63) is 29.3 Å². The molecule has 2 aliphatic rings. The van der Waals surface area contributed by atoms with Gasteiger partial charge in [0.2, 0.25) is 0 Å². The van der Waals surface area contributed by atoms with Crippen molar-refractivity contribution in [2.24, 2.45) is 0 Å². The number of rotatable bonds is 2. The van der Waals surface area contributed by atoms with Crippen LogP contribution in [0, 0.1) is 0 Å². The third-order valence-electron chi connectivity index (χ3n) is 3.25. The average Bonchev–Trinajstić information content (AvgIpc) is 2.98. The van der Waals surface area contributed by atoms with Gasteiger partial charge in [0.15, 0.2) is 0 Å². The first-order valence-electron chi connectivity index (χ1n) is 5.38. The number of hydrogen-bond acceptors (Lipinski definition) is 2. The highest BCUT2D eigenvalue weighted by atomic mass is 16.4. The Balaban J connectivity index is 2.01. The first kappa shape index (κ1) is 8.77. The van der Waals surface area contributed by atoms with Gasteiger partial charge in [0.05, 0.1) is 5.56 Å². The van der Waals surface area contributed by atoms with Crippen molar-refractivity contribution in [1.29, 1.82) is 0 Å². The fourth-order valence-electron chi connectivity index (χ4n) is 2.30. The van der Waals surface area contributed by atoms with Crippen LogP contribution in [-0.2, 0) is 6.42 Å². The Morgan fingerprint density at radius 2 is 2.20 bits per heavy atom. The summed E-state index contributed by atoms with van der Waals surface area (Å²) in [6.07, 6.45) is 3.58. The van der Waals surface area contributed by atoms with Gasteiger partial charge in [0.25, 0.3) is 0 Å². The molecule has 3 nitrogen and oxygen atoms in total. The third kappa shape index (κ3) is 1.39. The van der Waals surface area contributed by atoms with Crippen molar-refractivity contribution >= 4 is 11.7 Å². The number of aromatic carboxylic acids is 1. The van der Waals surface area contributed by atoms with Crippen molar-refractivity contribution in [2.45, 2.75) is 25.3 Å². The summed E-state index contributed by atoms with van der Waals surface area (Å²) in [5.74, 6) is -0.833. The van der Waals surface area contributed by atoms with Crippen LogP contribution in [0.4, 0.5) is 5.69 Å². The molecule has 1 aromatic rings. The topological polar surface area (TPSA) is 40.5 Å². The van der Waals surface area contributed by atoms with Crippen LogP contribution in [-0.4, -0.2) is 23.7 Å². The van der Waals surface area contributed by atoms with Gasteiger partial charge in [-0.3, -0.25) is 0 Å². The van der Waals surface area contributed by atoms with Gasteiger partial charge >= 0.3 is 5.97 Å². The van der Waals surface area contributed by atoms with E-state index in [0.717, 1.165) is 18.7 Å². The summed E-state index contributed by atoms with van der Waals surface area (Å²) in [5.41, 5.74) is 2.85. The minimum Gasteiger partial charge on any atom is -0.478 e. The summed E-state index contributed by atoms with van der Waals surface area (Å²) in [6.45, 7) is 1.06. The van der Waals surface area contributed by atoms with Crippen molar-refractivity contribution in [3.63, 3.8) is 0 Å². The molecule has 1 aliphatic heterocycles. The summed E-state index contributed by atoms with van der Waals surface area (Å²) in [6, 6.07) is 6.16. The summed E-state index contributed by atoms with van der Waals surface area (Å²) in [4.78, 5) is 13.2. The molecule has 1 aliphatic carbocycles. The molecule has 3 heteroatoms. The lowest BCUT2D eigenvalue weighted by atomic mass is 10.1. The lowest BCUT2D eigenvalue weighted by Gasteiger charge is -2.18. The molecule has 0 radical (unpaired) electrons. The molecule has 1 N–H and O–H groups in total. The van der Waals surface area contributed by atoms with E-state index in [-0.39, 0.29) is 0 Å². The number of carboxylic acid groups (broad SMARTS) is 1. The quantitative estimate of drug-likeness (QED) is 0.798. The fourth-order valence-corrected chi connectivity index (χ4v) is 2.30. The van der Waals surface area contributed by atoms with Crippen LogP contribution >= 0.6 is 0 Å². The minimum absolute atomic E-state index is 0.404. The summed E-state index contributed by atoms with van der Waals surface area (Å²) in [7, 11) is 0. The molecule has 0 amide bonds. The Kier molecular flexibility index (Phi) is 1.75. The van der Waals surface area contributed by atoms with Crippen molar-refractivity contribution in [1.82, 2.24) is 0 Å². The monoisotopic (exact) mass is 203 g/mol. The van der Waals surface area contributed by atoms with E-state index in [9.17, 15) is 4.79 Å². The molecule has 15 heavy (non-hydrogen) atoms. The Labute approximate surface area is 88.3 Å². The van der Waals surface area contributed by atoms with Crippen LogP contribution in [0.25, 0.3) is 0 Å². The number of carboxylic acids is 1. The van der Waals surface area contributed by atoms with E-state index in [1.165, 1.54) is 18.4 Å². The molecule has 3 rings (SSSR count). The fraction of sp³-hybridized carbons (Fsp3) is 0.417. The van der Waals surface area contributed by atoms with Crippen molar-refractivity contribution < 1.29 is 9.90 Å². The van der Waals surface area contributed by atoms with E-state index < -0.39 is 5.97 Å². The lowest BCUT2D eigenvalue weighted by molar-refractivity contribution is 0.0697. The molecule has 1 saturated carbocycles. The highest BCUT2D eigenvalue weighted by Crippen LogP contribution is 2.38. The predicted molar refractivity (Wildman–Crippen MR) is 57.5 cm³/mol. The Morgan fingerprint density at radius 1 is 1.40 bits per heavy atom. The Hall–Kier alpha value is -1.51. The van der Waals surface area contributed by atoms with Crippen LogP contribution < -0.4 is 4.90 Å². The molecule has 1 heterocycles. The molecule has 0 bridgehead atoms. The molecular weight excluding hydrogens is 190 g/mol. The third-order valence-corrected chi connectivity index (χ3v) is 3.25. The summed E-state index contributed by atoms with van der Waals surface area (Å²) < 4.78 is 0. The summed E-state index contributed by atoms with van der Waals surface area (Å²) in [5, 5.41) is 8.94. The first-order chi connectivity index (χ1) is 7.25. The van der Waals surface area contributed by atoms with E-state index in [2.05, 4.69) is 4.90 Å². The van der Waals surface area contributed by atoms with Crippen LogP contribution in [0.15, 0.2) is 18.2 Å². The zero-order chi connectivity index (χ0) is 10.4. The maximum absolute atomic E-state index is 10.9. The highest BCUT2D eigenvalue weighted by molar-refractivity contribution is 5.89. The largest absolute Gasteiger partial charge is 0.478 e. The van der Waals surface area contributed by atoms with Gasteiger partial charge in [-0.15, -0.1) is 0 Å². The standard InChI is InChI=1S/C12H13NO2/c14-12(15)9-2-1-8-5-6-13(10-3-4-10)11(8)7-9/h1-2,7,10H,3-6H2,(H,14,15). The number of carbonyl (C=O) groups is 1. The first-order valence-corrected chi connectivity index (χ1v) is 5.38. The van der Waals surface area contributed by atoms with Gasteiger partial charge in [-0.25, -0.2) is 4.79 Å². The molecule has 1 aromatic carbocycles. The van der Waals surface area contributed by atoms with E-state index in [1.807, 2.05) is 12.1 Å². The average molecular weight is 203 g/mol. The lowest BCUT2D eigenvalue weighted by Crippen LogP contribution is -2.22. The molecule has 0 saturated heterocycles. The maximum atomic E-state index is 10.9. The predicted octanol–water partition coefficient (Wildman–Crippen LogP) is 1.91. The van der Waals surface area contributed by atoms with Gasteiger partial charge in [0.1, 0.15) is 0 Å². The highest BCUT2D eigenvalue weighted by Gasteiger charge is 2.33. The van der Waals surface area contributed by atoms with Crippen LogP contribution in [0.3, 0.4) is 0 Å². The smallest absolute Gasteiger partial charge is 0.335 e. The Morgan fingerprint density at radius 3 is 2.87 bits per heavy atom. The maximum Gasteiger partial charge on any atom is 0.335 e. The molecule has 0 aromatic heterocycles. The van der Waals surface area contributed by atoms with Crippen molar-refractivity contribution in [2.75, 3.05) is 11.4 Å². The number of anilines is 1. The second-order valence-corrected chi connectivity index (χ2v) is 4.32.